The van der Waals surface area contributed by atoms with Crippen LogP contribution < -0.4 is 15.8 Å². The number of hydrogen-bond acceptors (Lipinski definition) is 5. The van der Waals surface area contributed by atoms with Crippen LogP contribution in [0.2, 0.25) is 0 Å². The number of nitrogens with two attached hydrogens (primary N) is 1. The first kappa shape index (κ1) is 14.9. The molecule has 1 aromatic carbocycles. The molecule has 0 aliphatic carbocycles. The second-order valence-electron chi connectivity index (χ2n) is 4.31. The Morgan fingerprint density at radius 2 is 2.11 bits per heavy atom. The van der Waals surface area contributed by atoms with Gasteiger partial charge >= 0.3 is 5.69 Å². The van der Waals surface area contributed by atoms with Gasteiger partial charge in [0.05, 0.1) is 4.92 Å². The third-order valence-corrected chi connectivity index (χ3v) is 2.35. The molecule has 104 valence electrons. The van der Waals surface area contributed by atoms with Gasteiger partial charge in [-0.3, -0.25) is 14.9 Å². The van der Waals surface area contributed by atoms with Crippen molar-refractivity contribution in [3.8, 4) is 5.75 Å². The molecule has 0 spiro atoms. The molecule has 0 saturated heterocycles. The number of hydrogen-bond donors (Lipinski definition) is 2. The predicted molar refractivity (Wildman–Crippen MR) is 69.8 cm³/mol. The Morgan fingerprint density at radius 1 is 1.47 bits per heavy atom. The summed E-state index contributed by atoms with van der Waals surface area (Å²) in [6.45, 7) is 3.67. The van der Waals surface area contributed by atoms with E-state index < -0.39 is 16.9 Å². The van der Waals surface area contributed by atoms with Crippen LogP contribution in [0.25, 0.3) is 0 Å². The molecule has 7 nitrogen and oxygen atoms in total. The number of carbonyl (C=O) groups is 1. The molecule has 19 heavy (non-hydrogen) atoms. The smallest absolute Gasteiger partial charge is 0.310 e. The average Bonchev–Trinajstić information content (AvgIpc) is 2.34. The number of rotatable bonds is 7. The van der Waals surface area contributed by atoms with E-state index in [1.54, 1.807) is 12.1 Å². The number of nitro benzene ring substituents is 1. The molecule has 1 aromatic rings. The van der Waals surface area contributed by atoms with Crippen molar-refractivity contribution in [2.45, 2.75) is 25.9 Å². The number of nitrogens with zero attached hydrogens (tertiary/aromatic N) is 1. The molecule has 1 amide bonds. The van der Waals surface area contributed by atoms with Gasteiger partial charge in [-0.1, -0.05) is 26.0 Å². The summed E-state index contributed by atoms with van der Waals surface area (Å²) in [5, 5.41) is 13.7. The molecule has 0 aromatic heterocycles. The van der Waals surface area contributed by atoms with Crippen molar-refractivity contribution in [3.05, 3.63) is 34.4 Å². The van der Waals surface area contributed by atoms with Crippen LogP contribution >= 0.6 is 0 Å². The van der Waals surface area contributed by atoms with Crippen molar-refractivity contribution >= 4 is 11.6 Å². The largest absolute Gasteiger partial charge is 0.485 e. The Balaban J connectivity index is 2.74. The second kappa shape index (κ2) is 6.69. The van der Waals surface area contributed by atoms with E-state index in [-0.39, 0.29) is 24.1 Å². The minimum absolute atomic E-state index is 0.0480. The number of benzene rings is 1. The maximum absolute atomic E-state index is 11.2. The SMILES string of the molecule is CC(C)NC(COc1ccccc1[N+](=O)[O-])C(N)=O. The molecule has 0 aliphatic heterocycles. The van der Waals surface area contributed by atoms with Gasteiger partial charge < -0.3 is 15.8 Å². The Bertz CT molecular complexity index is 462. The van der Waals surface area contributed by atoms with Gasteiger partial charge in [-0.2, -0.15) is 0 Å². The molecular formula is C12H17N3O4. The fourth-order valence-corrected chi connectivity index (χ4v) is 1.52. The summed E-state index contributed by atoms with van der Waals surface area (Å²) in [5.41, 5.74) is 5.09. The lowest BCUT2D eigenvalue weighted by atomic mass is 10.2. The summed E-state index contributed by atoms with van der Waals surface area (Å²) in [7, 11) is 0. The molecule has 1 rings (SSSR count). The van der Waals surface area contributed by atoms with Crippen LogP contribution in [0.15, 0.2) is 24.3 Å². The van der Waals surface area contributed by atoms with E-state index in [4.69, 9.17) is 10.5 Å². The number of amides is 1. The average molecular weight is 267 g/mol. The van der Waals surface area contributed by atoms with Gasteiger partial charge in [0.1, 0.15) is 12.6 Å². The van der Waals surface area contributed by atoms with Crippen molar-refractivity contribution in [2.75, 3.05) is 6.61 Å². The third kappa shape index (κ3) is 4.55. The lowest BCUT2D eigenvalue weighted by molar-refractivity contribution is -0.385. The van der Waals surface area contributed by atoms with E-state index >= 15 is 0 Å². The van der Waals surface area contributed by atoms with Gasteiger partial charge in [0.15, 0.2) is 5.75 Å². The van der Waals surface area contributed by atoms with E-state index in [1.807, 2.05) is 13.8 Å². The summed E-state index contributed by atoms with van der Waals surface area (Å²) in [6.07, 6.45) is 0. The van der Waals surface area contributed by atoms with Gasteiger partial charge in [0.2, 0.25) is 5.91 Å². The van der Waals surface area contributed by atoms with Crippen LogP contribution in [0, 0.1) is 10.1 Å². The molecule has 1 atom stereocenters. The minimum atomic E-state index is -0.695. The number of para-hydroxylation sites is 2. The summed E-state index contributed by atoms with van der Waals surface area (Å²) in [6, 6.07) is 5.34. The number of primary amides is 1. The topological polar surface area (TPSA) is 107 Å². The highest BCUT2D eigenvalue weighted by atomic mass is 16.6. The Kier molecular flexibility index (Phi) is 5.25. The highest BCUT2D eigenvalue weighted by Crippen LogP contribution is 2.25. The molecule has 0 fully saturated rings. The molecule has 3 N–H and O–H groups in total. The van der Waals surface area contributed by atoms with Crippen LogP contribution in [0.4, 0.5) is 5.69 Å². The molecule has 1 unspecified atom stereocenters. The van der Waals surface area contributed by atoms with E-state index in [2.05, 4.69) is 5.32 Å². The van der Waals surface area contributed by atoms with Crippen molar-refractivity contribution in [1.82, 2.24) is 5.32 Å². The highest BCUT2D eigenvalue weighted by Gasteiger charge is 2.20. The quantitative estimate of drug-likeness (QED) is 0.562. The number of nitro groups is 1. The first-order valence-electron chi connectivity index (χ1n) is 5.83. The third-order valence-electron chi connectivity index (χ3n) is 2.35. The first-order valence-corrected chi connectivity index (χ1v) is 5.83. The molecule has 0 bridgehead atoms. The molecular weight excluding hydrogens is 250 g/mol. The van der Waals surface area contributed by atoms with E-state index in [9.17, 15) is 14.9 Å². The lowest BCUT2D eigenvalue weighted by Crippen LogP contribution is -2.48. The van der Waals surface area contributed by atoms with Crippen LogP contribution in [0.5, 0.6) is 5.75 Å². The van der Waals surface area contributed by atoms with E-state index in [0.717, 1.165) is 0 Å². The first-order chi connectivity index (χ1) is 8.91. The lowest BCUT2D eigenvalue weighted by Gasteiger charge is -2.18. The van der Waals surface area contributed by atoms with Gasteiger partial charge in [-0.15, -0.1) is 0 Å². The summed E-state index contributed by atoms with van der Waals surface area (Å²) in [5.74, 6) is -0.448. The molecule has 7 heteroatoms. The van der Waals surface area contributed by atoms with E-state index in [0.29, 0.717) is 0 Å². The fourth-order valence-electron chi connectivity index (χ4n) is 1.52. The van der Waals surface area contributed by atoms with Gasteiger partial charge in [-0.25, -0.2) is 0 Å². The summed E-state index contributed by atoms with van der Waals surface area (Å²) < 4.78 is 5.32. The van der Waals surface area contributed by atoms with Crippen LogP contribution in [0.3, 0.4) is 0 Å². The van der Waals surface area contributed by atoms with Crippen LogP contribution in [-0.2, 0) is 4.79 Å². The van der Waals surface area contributed by atoms with Gasteiger partial charge in [-0.05, 0) is 6.07 Å². The van der Waals surface area contributed by atoms with Gasteiger partial charge in [0, 0.05) is 12.1 Å². The van der Waals surface area contributed by atoms with Crippen molar-refractivity contribution < 1.29 is 14.5 Å². The monoisotopic (exact) mass is 267 g/mol. The normalized spacial score (nSPS) is 12.2. The standard InChI is InChI=1S/C12H17N3O4/c1-8(2)14-9(12(13)16)7-19-11-6-4-3-5-10(11)15(17)18/h3-6,8-9,14H,7H2,1-2H3,(H2,13,16). The Morgan fingerprint density at radius 3 is 2.63 bits per heavy atom. The van der Waals surface area contributed by atoms with Crippen molar-refractivity contribution in [3.63, 3.8) is 0 Å². The van der Waals surface area contributed by atoms with E-state index in [1.165, 1.54) is 12.1 Å². The summed E-state index contributed by atoms with van der Waals surface area (Å²) >= 11 is 0. The van der Waals surface area contributed by atoms with Crippen molar-refractivity contribution in [1.29, 1.82) is 0 Å². The maximum atomic E-state index is 11.2. The minimum Gasteiger partial charge on any atom is -0.485 e. The van der Waals surface area contributed by atoms with Crippen LogP contribution in [0.1, 0.15) is 13.8 Å². The van der Waals surface area contributed by atoms with Crippen LogP contribution in [-0.4, -0.2) is 29.5 Å². The fraction of sp³-hybridized carbons (Fsp3) is 0.417. The zero-order chi connectivity index (χ0) is 14.4. The number of carbonyl (C=O) groups excluding carboxylic acids is 1. The Hall–Kier alpha value is -2.15. The number of ether oxygens (including phenoxy) is 1. The molecule has 0 heterocycles. The molecule has 0 aliphatic rings. The molecule has 0 radical (unpaired) electrons. The molecule has 0 saturated carbocycles. The maximum Gasteiger partial charge on any atom is 0.310 e. The second-order valence-corrected chi connectivity index (χ2v) is 4.31. The highest BCUT2D eigenvalue weighted by molar-refractivity contribution is 5.80. The van der Waals surface area contributed by atoms with Crippen molar-refractivity contribution in [2.24, 2.45) is 5.73 Å². The Labute approximate surface area is 110 Å². The zero-order valence-corrected chi connectivity index (χ0v) is 10.8. The van der Waals surface area contributed by atoms with Gasteiger partial charge in [0.25, 0.3) is 0 Å². The number of nitrogens with one attached hydrogen (secondary N) is 1. The predicted octanol–water partition coefficient (Wildman–Crippen LogP) is 0.825. The zero-order valence-electron chi connectivity index (χ0n) is 10.8. The summed E-state index contributed by atoms with van der Waals surface area (Å²) in [4.78, 5) is 21.5.